The van der Waals surface area contributed by atoms with E-state index in [9.17, 15) is 15.0 Å². The topological polar surface area (TPSA) is 60.8 Å². The fourth-order valence-electron chi connectivity index (χ4n) is 5.29. The van der Waals surface area contributed by atoms with Crippen molar-refractivity contribution in [1.29, 1.82) is 0 Å². The van der Waals surface area contributed by atoms with Crippen molar-refractivity contribution >= 4 is 5.78 Å². The number of Topliss-reactive ketones (excluding diaryl/α,β-unsaturated/α-hetero) is 1. The van der Waals surface area contributed by atoms with Gasteiger partial charge in [-0.25, -0.2) is 0 Å². The van der Waals surface area contributed by atoms with E-state index in [0.717, 1.165) is 32.1 Å². The molecular formula is C31H63NO3. The monoisotopic (exact) mass is 497 g/mol. The van der Waals surface area contributed by atoms with Gasteiger partial charge >= 0.3 is 0 Å². The van der Waals surface area contributed by atoms with Crippen molar-refractivity contribution in [1.82, 2.24) is 4.90 Å². The molecule has 4 unspecified atom stereocenters. The molecule has 0 aromatic carbocycles. The summed E-state index contributed by atoms with van der Waals surface area (Å²) in [6.07, 6.45) is 21.7. The molecule has 35 heavy (non-hydrogen) atoms. The molecule has 0 spiro atoms. The summed E-state index contributed by atoms with van der Waals surface area (Å²) in [6, 6.07) is -0.221. The Morgan fingerprint density at radius 2 is 0.971 bits per heavy atom. The van der Waals surface area contributed by atoms with Crippen LogP contribution in [0.15, 0.2) is 0 Å². The number of rotatable bonds is 26. The first-order valence-electron chi connectivity index (χ1n) is 15.5. The second kappa shape index (κ2) is 23.9. The smallest absolute Gasteiger partial charge is 0.147 e. The van der Waals surface area contributed by atoms with Crippen molar-refractivity contribution in [3.8, 4) is 0 Å². The van der Waals surface area contributed by atoms with E-state index in [1.54, 1.807) is 6.92 Å². The third-order valence-electron chi connectivity index (χ3n) is 7.67. The fourth-order valence-corrected chi connectivity index (χ4v) is 5.29. The first-order valence-corrected chi connectivity index (χ1v) is 15.5. The van der Waals surface area contributed by atoms with Crippen LogP contribution in [0.4, 0.5) is 0 Å². The van der Waals surface area contributed by atoms with Gasteiger partial charge in [-0.05, 0) is 25.7 Å². The van der Waals surface area contributed by atoms with E-state index in [0.29, 0.717) is 13.1 Å². The van der Waals surface area contributed by atoms with E-state index < -0.39 is 12.2 Å². The third kappa shape index (κ3) is 19.3. The van der Waals surface area contributed by atoms with Gasteiger partial charge in [0.2, 0.25) is 0 Å². The summed E-state index contributed by atoms with van der Waals surface area (Å²) in [5.41, 5.74) is 0. The highest BCUT2D eigenvalue weighted by molar-refractivity contribution is 5.81. The number of unbranched alkanes of at least 4 members (excludes halogenated alkanes) is 14. The Hall–Kier alpha value is -0.450. The van der Waals surface area contributed by atoms with Gasteiger partial charge in [0.15, 0.2) is 0 Å². The largest absolute Gasteiger partial charge is 0.392 e. The molecule has 0 radical (unpaired) electrons. The van der Waals surface area contributed by atoms with Crippen molar-refractivity contribution in [3.05, 3.63) is 0 Å². The lowest BCUT2D eigenvalue weighted by molar-refractivity contribution is -0.125. The Labute approximate surface area is 219 Å². The zero-order valence-corrected chi connectivity index (χ0v) is 24.4. The minimum absolute atomic E-state index is 0.151. The minimum atomic E-state index is -0.434. The van der Waals surface area contributed by atoms with Crippen molar-refractivity contribution in [2.75, 3.05) is 13.1 Å². The van der Waals surface area contributed by atoms with Crippen molar-refractivity contribution < 1.29 is 15.0 Å². The number of aliphatic hydroxyl groups is 2. The Morgan fingerprint density at radius 3 is 1.29 bits per heavy atom. The molecule has 4 nitrogen and oxygen atoms in total. The molecule has 4 atom stereocenters. The van der Waals surface area contributed by atoms with Gasteiger partial charge in [0.1, 0.15) is 5.78 Å². The number of carbonyl (C=O) groups is 1. The molecular weight excluding hydrogens is 434 g/mol. The Bertz CT molecular complexity index is 442. The number of aliphatic hydroxyl groups excluding tert-OH is 2. The molecule has 0 saturated heterocycles. The van der Waals surface area contributed by atoms with Gasteiger partial charge in [-0.3, -0.25) is 9.69 Å². The quantitative estimate of drug-likeness (QED) is 0.119. The van der Waals surface area contributed by atoms with Crippen LogP contribution in [0.25, 0.3) is 0 Å². The molecule has 0 aliphatic carbocycles. The normalized spacial score (nSPS) is 15.3. The predicted octanol–water partition coefficient (Wildman–Crippen LogP) is 8.08. The molecule has 2 N–H and O–H groups in total. The van der Waals surface area contributed by atoms with Gasteiger partial charge in [0, 0.05) is 13.1 Å². The van der Waals surface area contributed by atoms with Crippen LogP contribution in [0.5, 0.6) is 0 Å². The maximum absolute atomic E-state index is 12.6. The SMILES string of the molecule is CCCCCCCCCCC(O)CN(CC(O)CCCCCCCCCC)C(C(C)=O)C(C)CC. The van der Waals surface area contributed by atoms with Crippen LogP contribution in [0.2, 0.25) is 0 Å². The van der Waals surface area contributed by atoms with E-state index in [1.165, 1.54) is 89.9 Å². The fraction of sp³-hybridized carbons (Fsp3) is 0.968. The molecule has 0 rings (SSSR count). The van der Waals surface area contributed by atoms with Crippen LogP contribution in [-0.4, -0.2) is 52.2 Å². The van der Waals surface area contributed by atoms with E-state index >= 15 is 0 Å². The van der Waals surface area contributed by atoms with E-state index in [4.69, 9.17) is 0 Å². The Kier molecular flexibility index (Phi) is 23.6. The lowest BCUT2D eigenvalue weighted by Crippen LogP contribution is -2.50. The van der Waals surface area contributed by atoms with Crippen molar-refractivity contribution in [2.45, 2.75) is 175 Å². The minimum Gasteiger partial charge on any atom is -0.392 e. The van der Waals surface area contributed by atoms with Crippen LogP contribution in [0, 0.1) is 5.92 Å². The summed E-state index contributed by atoms with van der Waals surface area (Å²) in [4.78, 5) is 14.7. The van der Waals surface area contributed by atoms with Crippen LogP contribution in [-0.2, 0) is 4.79 Å². The molecule has 210 valence electrons. The lowest BCUT2D eigenvalue weighted by Gasteiger charge is -2.36. The third-order valence-corrected chi connectivity index (χ3v) is 7.67. The standard InChI is InChI=1S/C31H63NO3/c1-6-9-11-13-15-17-19-21-23-29(34)25-32(31(28(5)33)27(4)8-3)26-30(35)24-22-20-18-16-14-12-10-7-2/h27,29-31,34-35H,6-26H2,1-5H3. The van der Waals surface area contributed by atoms with E-state index in [1.807, 2.05) is 0 Å². The highest BCUT2D eigenvalue weighted by atomic mass is 16.3. The maximum atomic E-state index is 12.6. The van der Waals surface area contributed by atoms with Gasteiger partial charge in [0.25, 0.3) is 0 Å². The van der Waals surface area contributed by atoms with E-state index in [2.05, 4.69) is 32.6 Å². The predicted molar refractivity (Wildman–Crippen MR) is 152 cm³/mol. The number of hydrogen-bond donors (Lipinski definition) is 2. The van der Waals surface area contributed by atoms with Crippen molar-refractivity contribution in [3.63, 3.8) is 0 Å². The van der Waals surface area contributed by atoms with Gasteiger partial charge in [0.05, 0.1) is 18.2 Å². The van der Waals surface area contributed by atoms with Crippen LogP contribution >= 0.6 is 0 Å². The molecule has 0 fully saturated rings. The summed E-state index contributed by atoms with van der Waals surface area (Å²) in [7, 11) is 0. The zero-order chi connectivity index (χ0) is 26.3. The van der Waals surface area contributed by atoms with Gasteiger partial charge < -0.3 is 10.2 Å². The summed E-state index contributed by atoms with van der Waals surface area (Å²) in [5, 5.41) is 21.6. The summed E-state index contributed by atoms with van der Waals surface area (Å²) in [5.74, 6) is 0.371. The number of ketones is 1. The van der Waals surface area contributed by atoms with E-state index in [-0.39, 0.29) is 17.7 Å². The Balaban J connectivity index is 4.54. The average molecular weight is 498 g/mol. The number of hydrogen-bond acceptors (Lipinski definition) is 4. The zero-order valence-electron chi connectivity index (χ0n) is 24.4. The summed E-state index contributed by atoms with van der Waals surface area (Å²) in [6.45, 7) is 11.4. The highest BCUT2D eigenvalue weighted by Gasteiger charge is 2.30. The first kappa shape index (κ1) is 34.6. The molecule has 4 heteroatoms. The van der Waals surface area contributed by atoms with Crippen LogP contribution in [0.3, 0.4) is 0 Å². The van der Waals surface area contributed by atoms with Gasteiger partial charge in [-0.2, -0.15) is 0 Å². The molecule has 0 aromatic heterocycles. The van der Waals surface area contributed by atoms with Crippen molar-refractivity contribution in [2.24, 2.45) is 5.92 Å². The van der Waals surface area contributed by atoms with Crippen LogP contribution in [0.1, 0.15) is 157 Å². The Morgan fingerprint density at radius 1 is 0.629 bits per heavy atom. The number of nitrogens with zero attached hydrogens (tertiary/aromatic N) is 1. The molecule has 0 amide bonds. The molecule has 0 heterocycles. The second-order valence-corrected chi connectivity index (χ2v) is 11.2. The number of carbonyl (C=O) groups excluding carboxylic acids is 1. The maximum Gasteiger partial charge on any atom is 0.147 e. The molecule has 0 aliphatic rings. The molecule has 0 bridgehead atoms. The molecule has 0 aromatic rings. The van der Waals surface area contributed by atoms with Gasteiger partial charge in [-0.15, -0.1) is 0 Å². The average Bonchev–Trinajstić information content (AvgIpc) is 2.82. The first-order chi connectivity index (χ1) is 16.9. The molecule has 0 aliphatic heterocycles. The summed E-state index contributed by atoms with van der Waals surface area (Å²) >= 11 is 0. The lowest BCUT2D eigenvalue weighted by atomic mass is 9.93. The highest BCUT2D eigenvalue weighted by Crippen LogP contribution is 2.20. The van der Waals surface area contributed by atoms with Gasteiger partial charge in [-0.1, -0.05) is 137 Å². The van der Waals surface area contributed by atoms with Crippen LogP contribution < -0.4 is 0 Å². The molecule has 0 saturated carbocycles. The second-order valence-electron chi connectivity index (χ2n) is 11.2. The summed E-state index contributed by atoms with van der Waals surface area (Å²) < 4.78 is 0.